The molecule has 3 aromatic heterocycles. The highest BCUT2D eigenvalue weighted by molar-refractivity contribution is 6.23. The third kappa shape index (κ3) is 7.81. The van der Waals surface area contributed by atoms with Gasteiger partial charge in [-0.2, -0.15) is 4.57 Å². The van der Waals surface area contributed by atoms with Crippen LogP contribution in [0.25, 0.3) is 97.0 Å². The smallest absolute Gasteiger partial charge is 0.275 e. The van der Waals surface area contributed by atoms with Gasteiger partial charge < -0.3 is 54.5 Å². The quantitative estimate of drug-likeness (QED) is 0.0312. The number of nitrogens with zero attached hydrogens (tertiary/aromatic N) is 3. The number of methoxy groups -OCH3 is 1. The number of ether oxygens (including phenoxy) is 2. The zero-order valence-corrected chi connectivity index (χ0v) is 42.7. The maximum absolute atomic E-state index is 13.1. The number of hydrogen-bond donors (Lipinski definition) is 7. The maximum Gasteiger partial charge on any atom is 0.275 e. The molecule has 412 valence electrons. The fourth-order valence-electron chi connectivity index (χ4n) is 10.6. The van der Waals surface area contributed by atoms with Crippen molar-refractivity contribution in [2.24, 2.45) is 0 Å². The van der Waals surface area contributed by atoms with Crippen LogP contribution in [0, 0.1) is 12.5 Å². The lowest BCUT2D eigenvalue weighted by Crippen LogP contribution is -2.26. The molecule has 12 aromatic rings. The van der Waals surface area contributed by atoms with Gasteiger partial charge in [-0.25, -0.2) is 0 Å². The standard InChI is InChI=1S/C22H21N3O6.C18H9N3O4.C17H11N3O5.H2O/c1-30-9-10-31-8-4-7-25-21(28)15-16(22(25)29)18(24)14-13(17(15)23)19(26)11-5-2-3-6-12(11)20(14)27;1-2-21-17(24)11-12(18(21)25)14(20)10-9(13(11)19)15(22)7-5-3-4-6-8(7)16(10)23;18-12-8-9(15(23)7-4-2-1-3-6(7)14(8)22)13(19)11-10(12)16(24)20(5-21)17(11)25;/h2-3,5-6H,4,7-10,23-24H2,1H3;1,3-6H,19-20H2;1-4,21H,5,18-19H2;1H2. The predicted molar refractivity (Wildman–Crippen MR) is 317 cm³/mol. The number of nitrogen functional groups attached to an aromatic ring is 6. The van der Waals surface area contributed by atoms with E-state index in [-0.39, 0.29) is 143 Å². The highest BCUT2D eigenvalue weighted by Gasteiger charge is 2.28. The van der Waals surface area contributed by atoms with Crippen LogP contribution in [0.2, 0.25) is 0 Å². The summed E-state index contributed by atoms with van der Waals surface area (Å²) in [6.45, 7) is 0.389. The van der Waals surface area contributed by atoms with Gasteiger partial charge in [0.25, 0.3) is 33.4 Å². The van der Waals surface area contributed by atoms with Crippen molar-refractivity contribution >= 4 is 131 Å². The van der Waals surface area contributed by atoms with Crippen LogP contribution in [0.1, 0.15) is 6.42 Å². The van der Waals surface area contributed by atoms with E-state index in [0.29, 0.717) is 35.4 Å². The molecular weight excluding hydrogens is 1070 g/mol. The minimum absolute atomic E-state index is 0. The minimum atomic E-state index is -0.863. The van der Waals surface area contributed by atoms with E-state index in [4.69, 9.17) is 50.3 Å². The number of anilines is 6. The SMILES string of the molecule is C#Cn1c(=O)c2c(N)c3c(=O)c4ccccc4c(=O)c3c(N)c2c1=O.COCCOCCCn1c(=O)c2c(N)c3c(=O)c4ccccc4c(=O)c3c(N)c2c1=O.Nc1c2c(=O)c3ccccc3c(=O)c2c(N)c2c(=O)n(CO)c(=O)c12.O. The van der Waals surface area contributed by atoms with Gasteiger partial charge in [0.15, 0.2) is 32.6 Å². The van der Waals surface area contributed by atoms with Gasteiger partial charge in [0, 0.05) is 58.6 Å². The zero-order valence-electron chi connectivity index (χ0n) is 42.7. The van der Waals surface area contributed by atoms with E-state index in [1.807, 2.05) is 6.04 Å². The molecule has 0 saturated heterocycles. The van der Waals surface area contributed by atoms with Crippen LogP contribution in [0.3, 0.4) is 0 Å². The molecular formula is C57H43N9O16. The Morgan fingerprint density at radius 2 is 0.659 bits per heavy atom. The molecule has 25 heteroatoms. The van der Waals surface area contributed by atoms with Crippen molar-refractivity contribution in [1.29, 1.82) is 0 Å². The minimum Gasteiger partial charge on any atom is -0.412 e. The third-order valence-corrected chi connectivity index (χ3v) is 14.4. The molecule has 0 amide bonds. The van der Waals surface area contributed by atoms with Gasteiger partial charge in [-0.1, -0.05) is 79.2 Å². The lowest BCUT2D eigenvalue weighted by Gasteiger charge is -2.07. The molecule has 0 spiro atoms. The average Bonchev–Trinajstić information content (AvgIpc) is 1.72. The molecule has 3 heterocycles. The molecule has 0 bridgehead atoms. The van der Waals surface area contributed by atoms with Crippen molar-refractivity contribution in [3.05, 3.63) is 196 Å². The van der Waals surface area contributed by atoms with E-state index in [2.05, 4.69) is 0 Å². The average molecular weight is 1110 g/mol. The molecule has 0 fully saturated rings. The number of nitrogens with two attached hydrogens (primary N) is 6. The topological polar surface area (TPSA) is 446 Å². The van der Waals surface area contributed by atoms with Gasteiger partial charge >= 0.3 is 0 Å². The number of aliphatic hydroxyl groups excluding tert-OH is 1. The van der Waals surface area contributed by atoms with Gasteiger partial charge in [-0.15, -0.1) is 0 Å². The molecule has 0 aliphatic carbocycles. The van der Waals surface area contributed by atoms with Crippen molar-refractivity contribution < 1.29 is 20.1 Å². The molecule has 0 radical (unpaired) electrons. The summed E-state index contributed by atoms with van der Waals surface area (Å²) in [6, 6.07) is 20.6. The Kier molecular flexibility index (Phi) is 14.0. The summed E-state index contributed by atoms with van der Waals surface area (Å²) in [4.78, 5) is 153. The van der Waals surface area contributed by atoms with Crippen molar-refractivity contribution in [2.45, 2.75) is 19.7 Å². The van der Waals surface area contributed by atoms with Crippen LogP contribution in [-0.2, 0) is 22.7 Å². The first kappa shape index (κ1) is 55.7. The Morgan fingerprint density at radius 3 is 0.902 bits per heavy atom. The van der Waals surface area contributed by atoms with Gasteiger partial charge in [0.2, 0.25) is 0 Å². The van der Waals surface area contributed by atoms with Crippen LogP contribution in [0.4, 0.5) is 34.1 Å². The summed E-state index contributed by atoms with van der Waals surface area (Å²) >= 11 is 0. The normalized spacial score (nSPS) is 11.5. The molecule has 9 aromatic carbocycles. The number of benzene rings is 9. The molecule has 0 saturated carbocycles. The first-order valence-electron chi connectivity index (χ1n) is 24.2. The fourth-order valence-corrected chi connectivity index (χ4v) is 10.6. The molecule has 82 heavy (non-hydrogen) atoms. The summed E-state index contributed by atoms with van der Waals surface area (Å²) in [5.41, 5.74) is 27.1. The molecule has 0 aliphatic rings. The van der Waals surface area contributed by atoms with Crippen LogP contribution in [0.15, 0.2) is 130 Å². The van der Waals surface area contributed by atoms with Crippen molar-refractivity contribution in [1.82, 2.24) is 13.7 Å². The lowest BCUT2D eigenvalue weighted by molar-refractivity contribution is 0.0679. The zero-order chi connectivity index (χ0) is 58.4. The Bertz CT molecular complexity index is 5220. The monoisotopic (exact) mass is 1110 g/mol. The summed E-state index contributed by atoms with van der Waals surface area (Å²) in [6.07, 6.45) is 5.59. The second kappa shape index (κ2) is 20.6. The Morgan fingerprint density at radius 1 is 0.402 bits per heavy atom. The molecule has 0 unspecified atom stereocenters. The number of aromatic nitrogens is 3. The summed E-state index contributed by atoms with van der Waals surface area (Å²) in [5, 5.41) is 8.09. The summed E-state index contributed by atoms with van der Waals surface area (Å²) < 4.78 is 12.3. The molecule has 12 rings (SSSR count). The largest absolute Gasteiger partial charge is 0.412 e. The second-order valence-corrected chi connectivity index (χ2v) is 18.6. The van der Waals surface area contributed by atoms with Crippen LogP contribution in [0.5, 0.6) is 0 Å². The first-order valence-corrected chi connectivity index (χ1v) is 24.2. The van der Waals surface area contributed by atoms with E-state index in [1.54, 1.807) is 43.5 Å². The lowest BCUT2D eigenvalue weighted by atomic mass is 9.97. The van der Waals surface area contributed by atoms with Gasteiger partial charge in [0.1, 0.15) is 6.73 Å². The van der Waals surface area contributed by atoms with Crippen LogP contribution >= 0.6 is 0 Å². The van der Waals surface area contributed by atoms with E-state index in [1.165, 1.54) is 36.4 Å². The van der Waals surface area contributed by atoms with E-state index in [9.17, 15) is 62.6 Å². The Balaban J connectivity index is 0.000000148. The van der Waals surface area contributed by atoms with Crippen LogP contribution < -0.4 is 100 Å². The number of fused-ring (bicyclic) bond motifs is 9. The van der Waals surface area contributed by atoms with Gasteiger partial charge in [0.05, 0.1) is 112 Å². The highest BCUT2D eigenvalue weighted by Crippen LogP contribution is 2.34. The Hall–Kier alpha value is -11.0. The van der Waals surface area contributed by atoms with Crippen molar-refractivity contribution in [3.8, 4) is 12.5 Å². The van der Waals surface area contributed by atoms with Crippen LogP contribution in [-0.4, -0.2) is 51.2 Å². The maximum atomic E-state index is 13.1. The van der Waals surface area contributed by atoms with Crippen molar-refractivity contribution in [2.75, 3.05) is 61.3 Å². The molecule has 15 N–H and O–H groups in total. The van der Waals surface area contributed by atoms with Crippen molar-refractivity contribution in [3.63, 3.8) is 0 Å². The summed E-state index contributed by atoms with van der Waals surface area (Å²) in [7, 11) is 1.56. The van der Waals surface area contributed by atoms with E-state index in [0.717, 1.165) is 4.57 Å². The van der Waals surface area contributed by atoms with E-state index >= 15 is 0 Å². The molecule has 25 nitrogen and oxygen atoms in total. The highest BCUT2D eigenvalue weighted by atomic mass is 16.5. The number of hydrogen-bond acceptors (Lipinski definition) is 21. The Labute approximate surface area is 453 Å². The summed E-state index contributed by atoms with van der Waals surface area (Å²) in [5.74, 6) is 0. The van der Waals surface area contributed by atoms with Gasteiger partial charge in [-0.3, -0.25) is 66.7 Å². The van der Waals surface area contributed by atoms with E-state index < -0.39 is 72.7 Å². The first-order chi connectivity index (χ1) is 38.7. The second-order valence-electron chi connectivity index (χ2n) is 18.6. The number of aliphatic hydroxyl groups is 1. The fraction of sp³-hybridized carbons (Fsp3) is 0.123. The molecule has 0 atom stereocenters. The predicted octanol–water partition coefficient (Wildman–Crippen LogP) is -1.10. The molecule has 0 aliphatic heterocycles. The number of terminal acetylenes is 1. The number of rotatable bonds is 8. The third-order valence-electron chi connectivity index (χ3n) is 14.4. The van der Waals surface area contributed by atoms with Gasteiger partial charge in [-0.05, 0) is 6.42 Å².